The quantitative estimate of drug-likeness (QED) is 0.328. The third-order valence-corrected chi connectivity index (χ3v) is 7.87. The van der Waals surface area contributed by atoms with E-state index in [2.05, 4.69) is 34.3 Å². The zero-order chi connectivity index (χ0) is 28.3. The first-order valence-electron chi connectivity index (χ1n) is 13.9. The van der Waals surface area contributed by atoms with Gasteiger partial charge < -0.3 is 19.5 Å². The van der Waals surface area contributed by atoms with Crippen molar-refractivity contribution in [2.24, 2.45) is 0 Å². The van der Waals surface area contributed by atoms with Crippen LogP contribution in [0.2, 0.25) is 0 Å². The molecule has 9 nitrogen and oxygen atoms in total. The van der Waals surface area contributed by atoms with Gasteiger partial charge in [-0.3, -0.25) is 14.6 Å². The number of hydrogen-bond donors (Lipinski definition) is 1. The molecule has 0 atom stereocenters. The van der Waals surface area contributed by atoms with Crippen molar-refractivity contribution < 1.29 is 18.3 Å². The molecule has 214 valence electrons. The van der Waals surface area contributed by atoms with Gasteiger partial charge in [0.15, 0.2) is 0 Å². The highest BCUT2D eigenvalue weighted by atomic mass is 19.1. The summed E-state index contributed by atoms with van der Waals surface area (Å²) in [5.41, 5.74) is 4.17. The maximum Gasteiger partial charge on any atom is 0.229 e. The number of ether oxygens (including phenoxy) is 1. The van der Waals surface area contributed by atoms with E-state index in [-0.39, 0.29) is 12.1 Å². The minimum atomic E-state index is -0.583. The number of halogens is 2. The van der Waals surface area contributed by atoms with Crippen LogP contribution in [0.3, 0.4) is 0 Å². The van der Waals surface area contributed by atoms with E-state index in [0.29, 0.717) is 43.6 Å². The van der Waals surface area contributed by atoms with Gasteiger partial charge in [0.05, 0.1) is 18.9 Å². The van der Waals surface area contributed by atoms with Gasteiger partial charge in [-0.05, 0) is 48.4 Å². The molecule has 0 spiro atoms. The van der Waals surface area contributed by atoms with Crippen LogP contribution in [-0.4, -0.2) is 88.1 Å². The summed E-state index contributed by atoms with van der Waals surface area (Å²) in [4.78, 5) is 26.3. The monoisotopic (exact) mass is 561 g/mol. The van der Waals surface area contributed by atoms with E-state index >= 15 is 8.78 Å². The summed E-state index contributed by atoms with van der Waals surface area (Å²) >= 11 is 0. The second-order valence-electron chi connectivity index (χ2n) is 10.6. The summed E-state index contributed by atoms with van der Waals surface area (Å²) < 4.78 is 37.3. The second kappa shape index (κ2) is 11.9. The van der Waals surface area contributed by atoms with Crippen molar-refractivity contribution >= 4 is 29.1 Å². The minimum Gasteiger partial charge on any atom is -0.379 e. The van der Waals surface area contributed by atoms with Gasteiger partial charge in [0, 0.05) is 81.4 Å². The van der Waals surface area contributed by atoms with Crippen molar-refractivity contribution in [1.29, 1.82) is 0 Å². The Morgan fingerprint density at radius 1 is 0.951 bits per heavy atom. The number of carbonyl (C=O) groups is 1. The fourth-order valence-corrected chi connectivity index (χ4v) is 5.37. The highest BCUT2D eigenvalue weighted by Gasteiger charge is 2.19. The lowest BCUT2D eigenvalue weighted by atomic mass is 10.1. The molecule has 0 saturated carbocycles. The zero-order valence-corrected chi connectivity index (χ0v) is 23.0. The summed E-state index contributed by atoms with van der Waals surface area (Å²) in [6.45, 7) is 8.65. The van der Waals surface area contributed by atoms with Gasteiger partial charge in [0.2, 0.25) is 12.4 Å². The van der Waals surface area contributed by atoms with Crippen LogP contribution in [-0.2, 0) is 22.6 Å². The lowest BCUT2D eigenvalue weighted by Gasteiger charge is -2.32. The van der Waals surface area contributed by atoms with Crippen LogP contribution in [0.15, 0.2) is 48.8 Å². The van der Waals surface area contributed by atoms with Gasteiger partial charge in [-0.2, -0.15) is 4.98 Å². The molecule has 1 N–H and O–H groups in total. The van der Waals surface area contributed by atoms with E-state index in [1.807, 2.05) is 17.0 Å². The number of hydrogen-bond acceptors (Lipinski definition) is 7. The summed E-state index contributed by atoms with van der Waals surface area (Å²) in [5, 5.41) is 4.05. The summed E-state index contributed by atoms with van der Waals surface area (Å²) in [6, 6.07) is 10.7. The van der Waals surface area contributed by atoms with Crippen LogP contribution in [0, 0.1) is 18.6 Å². The van der Waals surface area contributed by atoms with Gasteiger partial charge in [-0.25, -0.2) is 13.8 Å². The molecular weight excluding hydrogens is 528 g/mol. The van der Waals surface area contributed by atoms with Crippen LogP contribution in [0.25, 0.3) is 16.7 Å². The number of carbonyl (C=O) groups excluding carboxylic acids is 1. The van der Waals surface area contributed by atoms with Crippen molar-refractivity contribution in [1.82, 2.24) is 29.2 Å². The average Bonchev–Trinajstić information content (AvgIpc) is 3.41. The molecule has 11 heteroatoms. The highest BCUT2D eigenvalue weighted by Crippen LogP contribution is 2.26. The van der Waals surface area contributed by atoms with Crippen molar-refractivity contribution in [2.45, 2.75) is 20.0 Å². The molecule has 0 aliphatic carbocycles. The Kier molecular flexibility index (Phi) is 7.91. The van der Waals surface area contributed by atoms with Crippen molar-refractivity contribution in [3.8, 4) is 5.69 Å². The van der Waals surface area contributed by atoms with Crippen LogP contribution in [0.1, 0.15) is 16.7 Å². The average molecular weight is 562 g/mol. The normalized spacial score (nSPS) is 16.8. The topological polar surface area (TPSA) is 78.8 Å². The number of nitrogens with zero attached hydrogens (tertiary/aromatic N) is 6. The predicted octanol–water partition coefficient (Wildman–Crippen LogP) is 3.86. The number of anilines is 2. The zero-order valence-electron chi connectivity index (χ0n) is 23.0. The highest BCUT2D eigenvalue weighted by molar-refractivity contribution is 5.79. The fourth-order valence-electron chi connectivity index (χ4n) is 5.37. The van der Waals surface area contributed by atoms with E-state index in [1.165, 1.54) is 23.3 Å². The van der Waals surface area contributed by atoms with Crippen molar-refractivity contribution in [3.63, 3.8) is 0 Å². The molecule has 2 aliphatic heterocycles. The smallest absolute Gasteiger partial charge is 0.229 e. The maximum absolute atomic E-state index is 15.1. The second-order valence-corrected chi connectivity index (χ2v) is 10.6. The molecule has 2 aliphatic rings. The Morgan fingerprint density at radius 2 is 1.68 bits per heavy atom. The van der Waals surface area contributed by atoms with Gasteiger partial charge in [-0.1, -0.05) is 6.07 Å². The van der Waals surface area contributed by atoms with Crippen LogP contribution in [0.5, 0.6) is 0 Å². The molecule has 4 aromatic rings. The molecule has 0 radical (unpaired) electrons. The predicted molar refractivity (Wildman–Crippen MR) is 152 cm³/mol. The van der Waals surface area contributed by atoms with Gasteiger partial charge in [-0.15, -0.1) is 0 Å². The van der Waals surface area contributed by atoms with Crippen LogP contribution >= 0.6 is 0 Å². The van der Waals surface area contributed by atoms with E-state index in [4.69, 9.17) is 9.72 Å². The first-order valence-corrected chi connectivity index (χ1v) is 13.9. The molecule has 2 fully saturated rings. The third kappa shape index (κ3) is 6.07. The van der Waals surface area contributed by atoms with Crippen LogP contribution in [0.4, 0.5) is 20.4 Å². The van der Waals surface area contributed by atoms with Crippen molar-refractivity contribution in [3.05, 3.63) is 77.1 Å². The Hall–Kier alpha value is -3.93. The molecule has 2 saturated heterocycles. The van der Waals surface area contributed by atoms with Crippen LogP contribution < -0.4 is 5.32 Å². The molecule has 4 heterocycles. The molecule has 0 unspecified atom stereocenters. The molecule has 41 heavy (non-hydrogen) atoms. The molecule has 1 amide bonds. The summed E-state index contributed by atoms with van der Waals surface area (Å²) in [7, 11) is 0. The SMILES string of the molecule is Cc1ccc(Nc2ncc3ccn(-c4cc(F)c(CN5CCOCC5)c(F)c4)c3n2)cc1CN1CCN(C=O)CC1. The first kappa shape index (κ1) is 27.3. The largest absolute Gasteiger partial charge is 0.379 e. The van der Waals surface area contributed by atoms with E-state index in [0.717, 1.165) is 50.2 Å². The Bertz CT molecular complexity index is 1520. The van der Waals surface area contributed by atoms with E-state index in [9.17, 15) is 4.79 Å². The number of amides is 1. The van der Waals surface area contributed by atoms with Crippen molar-refractivity contribution in [2.75, 3.05) is 57.8 Å². The maximum atomic E-state index is 15.1. The van der Waals surface area contributed by atoms with E-state index in [1.54, 1.807) is 21.9 Å². The molecule has 0 bridgehead atoms. The minimum absolute atomic E-state index is 0.0601. The lowest BCUT2D eigenvalue weighted by molar-refractivity contribution is -0.119. The number of rotatable bonds is 8. The number of morpholine rings is 1. The molecule has 6 rings (SSSR count). The number of nitrogens with one attached hydrogen (secondary N) is 1. The fraction of sp³-hybridized carbons (Fsp3) is 0.367. The molecule has 2 aromatic heterocycles. The number of fused-ring (bicyclic) bond motifs is 1. The molecular formula is C30H33F2N7O2. The summed E-state index contributed by atoms with van der Waals surface area (Å²) in [6.07, 6.45) is 4.35. The Labute approximate surface area is 237 Å². The molecule has 2 aromatic carbocycles. The Morgan fingerprint density at radius 3 is 2.41 bits per heavy atom. The standard InChI is InChI=1S/C30H33F2N7O2/c1-21-2-3-24(14-23(21)18-36-6-8-38(20-40)9-7-36)34-30-33-17-22-4-5-39(29(22)35-30)25-15-27(31)26(28(32)16-25)19-37-10-12-41-13-11-37/h2-5,14-17,20H,6-13,18-19H2,1H3,(H,33,34,35). The first-order chi connectivity index (χ1) is 20.0. The van der Waals surface area contributed by atoms with Gasteiger partial charge in [0.25, 0.3) is 0 Å². The number of aryl methyl sites for hydroxylation is 1. The van der Waals surface area contributed by atoms with E-state index < -0.39 is 11.6 Å². The number of benzene rings is 2. The third-order valence-electron chi connectivity index (χ3n) is 7.87. The summed E-state index contributed by atoms with van der Waals surface area (Å²) in [5.74, 6) is -0.780. The van der Waals surface area contributed by atoms with Gasteiger partial charge >= 0.3 is 0 Å². The Balaban J connectivity index is 1.21. The number of piperazine rings is 1. The lowest BCUT2D eigenvalue weighted by Crippen LogP contribution is -2.45. The number of aromatic nitrogens is 3. The van der Waals surface area contributed by atoms with Gasteiger partial charge in [0.1, 0.15) is 17.3 Å².